The third-order valence-electron chi connectivity index (χ3n) is 3.37. The van der Waals surface area contributed by atoms with Gasteiger partial charge in [0.25, 0.3) is 0 Å². The highest BCUT2D eigenvalue weighted by Crippen LogP contribution is 2.23. The Bertz CT molecular complexity index is 982. The van der Waals surface area contributed by atoms with Gasteiger partial charge in [0.1, 0.15) is 5.58 Å². The molecule has 2 aromatic heterocycles. The molecular formula is C16H10N2O2. The summed E-state index contributed by atoms with van der Waals surface area (Å²) in [4.78, 5) is 19.3. The van der Waals surface area contributed by atoms with Gasteiger partial charge in [-0.1, -0.05) is 24.3 Å². The normalized spacial score (nSPS) is 11.2. The summed E-state index contributed by atoms with van der Waals surface area (Å²) in [6, 6.07) is 15.0. The summed E-state index contributed by atoms with van der Waals surface area (Å²) in [7, 11) is 0. The monoisotopic (exact) mass is 262 g/mol. The van der Waals surface area contributed by atoms with Crippen molar-refractivity contribution >= 4 is 22.0 Å². The van der Waals surface area contributed by atoms with Crippen molar-refractivity contribution in [3.8, 4) is 11.1 Å². The summed E-state index contributed by atoms with van der Waals surface area (Å²) in [6.07, 6.45) is 1.64. The Balaban J connectivity index is 2.00. The van der Waals surface area contributed by atoms with Crippen LogP contribution in [0.3, 0.4) is 0 Å². The van der Waals surface area contributed by atoms with Gasteiger partial charge in [-0.05, 0) is 29.8 Å². The van der Waals surface area contributed by atoms with Gasteiger partial charge >= 0.3 is 5.63 Å². The van der Waals surface area contributed by atoms with Crippen LogP contribution >= 0.6 is 0 Å². The highest BCUT2D eigenvalue weighted by molar-refractivity contribution is 5.85. The first-order chi connectivity index (χ1) is 9.81. The van der Waals surface area contributed by atoms with Crippen LogP contribution in [0.2, 0.25) is 0 Å². The molecule has 4 heteroatoms. The number of para-hydroxylation sites is 1. The molecule has 1 N–H and O–H groups in total. The molecule has 0 aliphatic rings. The Kier molecular flexibility index (Phi) is 2.23. The van der Waals surface area contributed by atoms with Crippen LogP contribution in [0, 0.1) is 0 Å². The summed E-state index contributed by atoms with van der Waals surface area (Å²) < 4.78 is 5.36. The standard InChI is InChI=1S/C16H10N2O2/c19-16-12(7-11-3-1-2-4-15(11)20-16)10-5-6-13-14(8-10)18-9-17-13/h1-9H,(H,17,18). The number of aromatic nitrogens is 2. The van der Waals surface area contributed by atoms with E-state index in [2.05, 4.69) is 9.97 Å². The van der Waals surface area contributed by atoms with Crippen LogP contribution in [0.25, 0.3) is 33.1 Å². The molecule has 2 heterocycles. The molecule has 0 atom stereocenters. The van der Waals surface area contributed by atoms with E-state index in [4.69, 9.17) is 4.42 Å². The SMILES string of the molecule is O=c1oc2ccccc2cc1-c1ccc2nc[nH]c2c1. The number of hydrogen-bond donors (Lipinski definition) is 1. The van der Waals surface area contributed by atoms with Gasteiger partial charge in [0.05, 0.1) is 22.9 Å². The molecular weight excluding hydrogens is 252 g/mol. The maximum absolute atomic E-state index is 12.1. The fourth-order valence-corrected chi connectivity index (χ4v) is 2.37. The first-order valence-electron chi connectivity index (χ1n) is 6.28. The van der Waals surface area contributed by atoms with E-state index in [1.165, 1.54) is 0 Å². The van der Waals surface area contributed by atoms with Crippen molar-refractivity contribution < 1.29 is 4.42 Å². The van der Waals surface area contributed by atoms with Gasteiger partial charge in [0, 0.05) is 5.39 Å². The van der Waals surface area contributed by atoms with Crippen molar-refractivity contribution in [2.45, 2.75) is 0 Å². The van der Waals surface area contributed by atoms with Crippen LogP contribution in [0.4, 0.5) is 0 Å². The number of H-pyrrole nitrogens is 1. The van der Waals surface area contributed by atoms with Crippen molar-refractivity contribution in [2.75, 3.05) is 0 Å². The molecule has 0 saturated heterocycles. The number of hydrogen-bond acceptors (Lipinski definition) is 3. The molecule has 0 aliphatic carbocycles. The van der Waals surface area contributed by atoms with Crippen LogP contribution in [0.15, 0.2) is 64.1 Å². The average Bonchev–Trinajstić information content (AvgIpc) is 2.94. The lowest BCUT2D eigenvalue weighted by Gasteiger charge is -2.02. The number of fused-ring (bicyclic) bond motifs is 2. The Morgan fingerprint density at radius 3 is 2.90 bits per heavy atom. The van der Waals surface area contributed by atoms with E-state index in [9.17, 15) is 4.79 Å². The van der Waals surface area contributed by atoms with E-state index < -0.39 is 0 Å². The zero-order chi connectivity index (χ0) is 13.5. The molecule has 4 rings (SSSR count). The van der Waals surface area contributed by atoms with E-state index in [1.54, 1.807) is 12.4 Å². The van der Waals surface area contributed by atoms with Crippen LogP contribution in [-0.2, 0) is 0 Å². The molecule has 0 aliphatic heterocycles. The molecule has 0 saturated carbocycles. The summed E-state index contributed by atoms with van der Waals surface area (Å²) in [6.45, 7) is 0. The average molecular weight is 262 g/mol. The minimum absolute atomic E-state index is 0.331. The zero-order valence-electron chi connectivity index (χ0n) is 10.5. The third-order valence-corrected chi connectivity index (χ3v) is 3.37. The van der Waals surface area contributed by atoms with Gasteiger partial charge in [0.15, 0.2) is 0 Å². The summed E-state index contributed by atoms with van der Waals surface area (Å²) in [5, 5.41) is 0.909. The van der Waals surface area contributed by atoms with Gasteiger partial charge in [-0.3, -0.25) is 0 Å². The fourth-order valence-electron chi connectivity index (χ4n) is 2.37. The molecule has 4 nitrogen and oxygen atoms in total. The number of aromatic amines is 1. The Hall–Kier alpha value is -2.88. The van der Waals surface area contributed by atoms with Crippen molar-refractivity contribution in [3.63, 3.8) is 0 Å². The predicted octanol–water partition coefficient (Wildman–Crippen LogP) is 3.34. The molecule has 0 unspecified atom stereocenters. The number of imidazole rings is 1. The van der Waals surface area contributed by atoms with Crippen LogP contribution in [0.1, 0.15) is 0 Å². The summed E-state index contributed by atoms with van der Waals surface area (Å²) >= 11 is 0. The number of nitrogens with one attached hydrogen (secondary N) is 1. The van der Waals surface area contributed by atoms with Gasteiger partial charge in [-0.2, -0.15) is 0 Å². The predicted molar refractivity (Wildman–Crippen MR) is 77.6 cm³/mol. The van der Waals surface area contributed by atoms with Crippen molar-refractivity contribution in [1.29, 1.82) is 0 Å². The summed E-state index contributed by atoms with van der Waals surface area (Å²) in [5.74, 6) is 0. The third kappa shape index (κ3) is 1.62. The number of nitrogens with zero attached hydrogens (tertiary/aromatic N) is 1. The summed E-state index contributed by atoms with van der Waals surface area (Å²) in [5.41, 5.74) is 3.42. The van der Waals surface area contributed by atoms with E-state index in [0.29, 0.717) is 11.1 Å². The van der Waals surface area contributed by atoms with Crippen LogP contribution in [-0.4, -0.2) is 9.97 Å². The minimum atomic E-state index is -0.331. The molecule has 20 heavy (non-hydrogen) atoms. The topological polar surface area (TPSA) is 58.9 Å². The first-order valence-corrected chi connectivity index (χ1v) is 6.28. The van der Waals surface area contributed by atoms with E-state index in [-0.39, 0.29) is 5.63 Å². The van der Waals surface area contributed by atoms with Crippen LogP contribution < -0.4 is 5.63 Å². The maximum Gasteiger partial charge on any atom is 0.344 e. The highest BCUT2D eigenvalue weighted by atomic mass is 16.4. The van der Waals surface area contributed by atoms with E-state index in [1.807, 2.05) is 42.5 Å². The maximum atomic E-state index is 12.1. The van der Waals surface area contributed by atoms with Gasteiger partial charge in [-0.25, -0.2) is 9.78 Å². The smallest absolute Gasteiger partial charge is 0.344 e. The van der Waals surface area contributed by atoms with E-state index >= 15 is 0 Å². The minimum Gasteiger partial charge on any atom is -0.422 e. The quantitative estimate of drug-likeness (QED) is 0.535. The molecule has 0 spiro atoms. The lowest BCUT2D eigenvalue weighted by molar-refractivity contribution is 0.563. The van der Waals surface area contributed by atoms with Gasteiger partial charge in [0.2, 0.25) is 0 Å². The lowest BCUT2D eigenvalue weighted by atomic mass is 10.1. The molecule has 0 fully saturated rings. The number of rotatable bonds is 1. The molecule has 2 aromatic carbocycles. The number of benzene rings is 2. The zero-order valence-corrected chi connectivity index (χ0v) is 10.5. The second-order valence-corrected chi connectivity index (χ2v) is 4.62. The molecule has 96 valence electrons. The molecule has 0 radical (unpaired) electrons. The second kappa shape index (κ2) is 4.06. The first kappa shape index (κ1) is 11.0. The second-order valence-electron chi connectivity index (χ2n) is 4.62. The highest BCUT2D eigenvalue weighted by Gasteiger charge is 2.08. The largest absolute Gasteiger partial charge is 0.422 e. The fraction of sp³-hybridized carbons (Fsp3) is 0. The molecule has 0 bridgehead atoms. The Morgan fingerprint density at radius 1 is 1.05 bits per heavy atom. The lowest BCUT2D eigenvalue weighted by Crippen LogP contribution is -2.02. The van der Waals surface area contributed by atoms with E-state index in [0.717, 1.165) is 22.0 Å². The molecule has 4 aromatic rings. The van der Waals surface area contributed by atoms with Crippen molar-refractivity contribution in [1.82, 2.24) is 9.97 Å². The van der Waals surface area contributed by atoms with Crippen LogP contribution in [0.5, 0.6) is 0 Å². The van der Waals surface area contributed by atoms with Crippen molar-refractivity contribution in [3.05, 3.63) is 65.3 Å². The molecule has 0 amide bonds. The van der Waals surface area contributed by atoms with Gasteiger partial charge < -0.3 is 9.40 Å². The van der Waals surface area contributed by atoms with Gasteiger partial charge in [-0.15, -0.1) is 0 Å². The Labute approximate surface area is 113 Å². The Morgan fingerprint density at radius 2 is 1.95 bits per heavy atom. The van der Waals surface area contributed by atoms with Crippen molar-refractivity contribution in [2.24, 2.45) is 0 Å².